The highest BCUT2D eigenvalue weighted by atomic mass is 15.1. The molecule has 2 nitrogen and oxygen atoms in total. The molecule has 0 aromatic heterocycles. The van der Waals surface area contributed by atoms with Crippen molar-refractivity contribution >= 4 is 0 Å². The molecule has 1 fully saturated rings. The van der Waals surface area contributed by atoms with E-state index in [9.17, 15) is 0 Å². The highest BCUT2D eigenvalue weighted by Crippen LogP contribution is 2.29. The quantitative estimate of drug-likeness (QED) is 0.842. The summed E-state index contributed by atoms with van der Waals surface area (Å²) in [5.74, 6) is 0. The zero-order valence-corrected chi connectivity index (χ0v) is 14.1. The Labute approximate surface area is 130 Å². The van der Waals surface area contributed by atoms with E-state index in [-0.39, 0.29) is 0 Å². The number of piperidine rings is 1. The van der Waals surface area contributed by atoms with Crippen LogP contribution in [-0.4, -0.2) is 31.1 Å². The van der Waals surface area contributed by atoms with Gasteiger partial charge in [0.05, 0.1) is 0 Å². The fourth-order valence-corrected chi connectivity index (χ4v) is 3.19. The zero-order valence-electron chi connectivity index (χ0n) is 14.1. The van der Waals surface area contributed by atoms with Gasteiger partial charge in [-0.15, -0.1) is 0 Å². The van der Waals surface area contributed by atoms with Gasteiger partial charge in [-0.25, -0.2) is 0 Å². The summed E-state index contributed by atoms with van der Waals surface area (Å²) in [7, 11) is 0. The van der Waals surface area contributed by atoms with Crippen LogP contribution in [0.4, 0.5) is 0 Å². The Morgan fingerprint density at radius 1 is 1.05 bits per heavy atom. The minimum absolute atomic E-state index is 0.346. The maximum Gasteiger partial charge on any atom is 0.0325 e. The molecule has 1 aromatic carbocycles. The molecule has 1 aromatic rings. The van der Waals surface area contributed by atoms with Crippen molar-refractivity contribution < 1.29 is 0 Å². The molecule has 21 heavy (non-hydrogen) atoms. The SMILES string of the molecule is CC(C)(C)CC(NCCN1CCCCC1)c1ccccc1. The van der Waals surface area contributed by atoms with E-state index in [1.54, 1.807) is 0 Å². The van der Waals surface area contributed by atoms with Crippen LogP contribution in [0.3, 0.4) is 0 Å². The summed E-state index contributed by atoms with van der Waals surface area (Å²) >= 11 is 0. The van der Waals surface area contributed by atoms with E-state index in [0.717, 1.165) is 6.54 Å². The van der Waals surface area contributed by atoms with Crippen molar-refractivity contribution in [2.45, 2.75) is 52.5 Å². The van der Waals surface area contributed by atoms with E-state index < -0.39 is 0 Å². The highest BCUT2D eigenvalue weighted by Gasteiger charge is 2.20. The van der Waals surface area contributed by atoms with Crippen LogP contribution >= 0.6 is 0 Å². The number of rotatable bonds is 6. The molecule has 0 radical (unpaired) electrons. The number of likely N-dealkylation sites (tertiary alicyclic amines) is 1. The Morgan fingerprint density at radius 2 is 1.71 bits per heavy atom. The van der Waals surface area contributed by atoms with Crippen molar-refractivity contribution in [3.63, 3.8) is 0 Å². The van der Waals surface area contributed by atoms with Crippen LogP contribution < -0.4 is 5.32 Å². The van der Waals surface area contributed by atoms with Gasteiger partial charge in [-0.3, -0.25) is 0 Å². The van der Waals surface area contributed by atoms with Gasteiger partial charge in [-0.2, -0.15) is 0 Å². The molecule has 1 unspecified atom stereocenters. The first-order chi connectivity index (χ1) is 10.0. The molecule has 1 atom stereocenters. The van der Waals surface area contributed by atoms with Gasteiger partial charge in [-0.1, -0.05) is 57.5 Å². The lowest BCUT2D eigenvalue weighted by Crippen LogP contribution is -2.37. The molecular weight excluding hydrogens is 256 g/mol. The molecule has 1 aliphatic heterocycles. The van der Waals surface area contributed by atoms with Crippen LogP contribution in [0.15, 0.2) is 30.3 Å². The third-order valence-corrected chi connectivity index (χ3v) is 4.29. The molecule has 1 N–H and O–H groups in total. The fraction of sp³-hybridized carbons (Fsp3) is 0.684. The smallest absolute Gasteiger partial charge is 0.0325 e. The van der Waals surface area contributed by atoms with Crippen LogP contribution in [0.5, 0.6) is 0 Å². The number of nitrogens with one attached hydrogen (secondary N) is 1. The lowest BCUT2D eigenvalue weighted by atomic mass is 9.85. The lowest BCUT2D eigenvalue weighted by Gasteiger charge is -2.30. The Morgan fingerprint density at radius 3 is 2.33 bits per heavy atom. The number of hydrogen-bond acceptors (Lipinski definition) is 2. The second kappa shape index (κ2) is 7.95. The molecule has 0 bridgehead atoms. The van der Waals surface area contributed by atoms with Crippen molar-refractivity contribution in [2.24, 2.45) is 5.41 Å². The molecule has 1 saturated heterocycles. The van der Waals surface area contributed by atoms with Gasteiger partial charge in [0.15, 0.2) is 0 Å². The van der Waals surface area contributed by atoms with Crippen LogP contribution in [0.2, 0.25) is 0 Å². The number of hydrogen-bond donors (Lipinski definition) is 1. The van der Waals surface area contributed by atoms with Crippen LogP contribution in [-0.2, 0) is 0 Å². The van der Waals surface area contributed by atoms with Gasteiger partial charge in [0.25, 0.3) is 0 Å². The second-order valence-corrected chi connectivity index (χ2v) is 7.58. The summed E-state index contributed by atoms with van der Waals surface area (Å²) in [6.07, 6.45) is 5.35. The first kappa shape index (κ1) is 16.5. The third kappa shape index (κ3) is 6.19. The Balaban J connectivity index is 1.86. The van der Waals surface area contributed by atoms with Gasteiger partial charge in [0.2, 0.25) is 0 Å². The first-order valence-electron chi connectivity index (χ1n) is 8.55. The zero-order chi connectivity index (χ0) is 15.1. The Hall–Kier alpha value is -0.860. The third-order valence-electron chi connectivity index (χ3n) is 4.29. The van der Waals surface area contributed by atoms with Gasteiger partial charge in [-0.05, 0) is 43.3 Å². The molecule has 1 aliphatic rings. The Kier molecular flexibility index (Phi) is 6.25. The van der Waals surface area contributed by atoms with Crippen LogP contribution in [0, 0.1) is 5.41 Å². The standard InChI is InChI=1S/C19H32N2/c1-19(2,3)16-18(17-10-6-4-7-11-17)20-12-15-21-13-8-5-9-14-21/h4,6-7,10-11,18,20H,5,8-9,12-16H2,1-3H3. The summed E-state index contributed by atoms with van der Waals surface area (Å²) in [5, 5.41) is 3.80. The van der Waals surface area contributed by atoms with Crippen LogP contribution in [0.1, 0.15) is 58.1 Å². The highest BCUT2D eigenvalue weighted by molar-refractivity contribution is 5.19. The fourth-order valence-electron chi connectivity index (χ4n) is 3.19. The summed E-state index contributed by atoms with van der Waals surface area (Å²) in [4.78, 5) is 2.61. The van der Waals surface area contributed by atoms with Gasteiger partial charge in [0, 0.05) is 19.1 Å². The summed E-state index contributed by atoms with van der Waals surface area (Å²) < 4.78 is 0. The maximum absolute atomic E-state index is 3.80. The van der Waals surface area contributed by atoms with Crippen molar-refractivity contribution in [3.05, 3.63) is 35.9 Å². The van der Waals surface area contributed by atoms with Crippen molar-refractivity contribution in [3.8, 4) is 0 Å². The van der Waals surface area contributed by atoms with E-state index in [2.05, 4.69) is 61.3 Å². The molecule has 0 aliphatic carbocycles. The predicted molar refractivity (Wildman–Crippen MR) is 91.5 cm³/mol. The molecule has 1 heterocycles. The van der Waals surface area contributed by atoms with Crippen LogP contribution in [0.25, 0.3) is 0 Å². The van der Waals surface area contributed by atoms with E-state index in [0.29, 0.717) is 11.5 Å². The minimum atomic E-state index is 0.346. The molecule has 2 rings (SSSR count). The molecule has 118 valence electrons. The maximum atomic E-state index is 3.80. The summed E-state index contributed by atoms with van der Waals surface area (Å²) in [6, 6.07) is 11.4. The Bertz CT molecular complexity index is 388. The molecule has 2 heteroatoms. The molecule has 0 spiro atoms. The number of benzene rings is 1. The normalized spacial score (nSPS) is 18.6. The summed E-state index contributed by atoms with van der Waals surface area (Å²) in [5.41, 5.74) is 1.77. The van der Waals surface area contributed by atoms with E-state index in [1.807, 2.05) is 0 Å². The molecule has 0 saturated carbocycles. The average Bonchev–Trinajstić information content (AvgIpc) is 2.47. The van der Waals surface area contributed by atoms with Gasteiger partial charge >= 0.3 is 0 Å². The largest absolute Gasteiger partial charge is 0.309 e. The monoisotopic (exact) mass is 288 g/mol. The predicted octanol–water partition coefficient (Wildman–Crippen LogP) is 4.24. The topological polar surface area (TPSA) is 15.3 Å². The van der Waals surface area contributed by atoms with Crippen molar-refractivity contribution in [2.75, 3.05) is 26.2 Å². The van der Waals surface area contributed by atoms with E-state index >= 15 is 0 Å². The lowest BCUT2D eigenvalue weighted by molar-refractivity contribution is 0.221. The first-order valence-corrected chi connectivity index (χ1v) is 8.55. The molecule has 0 amide bonds. The average molecular weight is 288 g/mol. The number of nitrogens with zero attached hydrogens (tertiary/aromatic N) is 1. The van der Waals surface area contributed by atoms with Crippen molar-refractivity contribution in [1.29, 1.82) is 0 Å². The summed E-state index contributed by atoms with van der Waals surface area (Å²) in [6.45, 7) is 11.8. The second-order valence-electron chi connectivity index (χ2n) is 7.58. The van der Waals surface area contributed by atoms with Gasteiger partial charge < -0.3 is 10.2 Å². The van der Waals surface area contributed by atoms with Gasteiger partial charge in [0.1, 0.15) is 0 Å². The minimum Gasteiger partial charge on any atom is -0.309 e. The van der Waals surface area contributed by atoms with E-state index in [1.165, 1.54) is 50.9 Å². The van der Waals surface area contributed by atoms with Crippen molar-refractivity contribution in [1.82, 2.24) is 10.2 Å². The van der Waals surface area contributed by atoms with E-state index in [4.69, 9.17) is 0 Å². The molecular formula is C19H32N2.